The molecule has 0 radical (unpaired) electrons. The van der Waals surface area contributed by atoms with Crippen LogP contribution in [0.3, 0.4) is 0 Å². The minimum absolute atomic E-state index is 0.0601. The van der Waals surface area contributed by atoms with Crippen molar-refractivity contribution in [2.75, 3.05) is 12.9 Å². The van der Waals surface area contributed by atoms with Gasteiger partial charge in [-0.2, -0.15) is 4.68 Å². The van der Waals surface area contributed by atoms with Crippen molar-refractivity contribution in [1.29, 1.82) is 0 Å². The number of nitrogens with zero attached hydrogens (tertiary/aromatic N) is 4. The molecule has 6 nitrogen and oxygen atoms in total. The summed E-state index contributed by atoms with van der Waals surface area (Å²) < 4.78 is 6.76. The van der Waals surface area contributed by atoms with Crippen LogP contribution in [0.5, 0.6) is 5.75 Å². The number of methoxy groups -OCH3 is 1. The number of thioether (sulfide) groups is 1. The van der Waals surface area contributed by atoms with E-state index in [1.165, 1.54) is 18.9 Å². The van der Waals surface area contributed by atoms with E-state index in [9.17, 15) is 4.79 Å². The maximum atomic E-state index is 12.5. The van der Waals surface area contributed by atoms with Crippen molar-refractivity contribution in [3.8, 4) is 11.4 Å². The zero-order valence-electron chi connectivity index (χ0n) is 14.6. The fraction of sp³-hybridized carbons (Fsp3) is 0.222. The smallest absolute Gasteiger partial charge is 0.214 e. The number of aryl methyl sites for hydroxylation is 2. The lowest BCUT2D eigenvalue weighted by Gasteiger charge is -2.08. The SMILES string of the molecule is COc1ccc(C(=O)CSc2nnnn2-c2cc(C)ccc2C)cc1Cl. The molecule has 1 aromatic heterocycles. The first-order chi connectivity index (χ1) is 12.5. The molecule has 0 spiro atoms. The Hall–Kier alpha value is -2.38. The van der Waals surface area contributed by atoms with Gasteiger partial charge in [-0.15, -0.1) is 5.10 Å². The fourth-order valence-corrected chi connectivity index (χ4v) is 3.46. The Balaban J connectivity index is 1.77. The van der Waals surface area contributed by atoms with Gasteiger partial charge in [-0.25, -0.2) is 0 Å². The second-order valence-corrected chi connectivity index (χ2v) is 7.07. The van der Waals surface area contributed by atoms with E-state index >= 15 is 0 Å². The van der Waals surface area contributed by atoms with E-state index in [4.69, 9.17) is 16.3 Å². The number of rotatable bonds is 6. The summed E-state index contributed by atoms with van der Waals surface area (Å²) in [5.74, 6) is 0.679. The van der Waals surface area contributed by atoms with Crippen LogP contribution >= 0.6 is 23.4 Å². The number of benzene rings is 2. The molecule has 134 valence electrons. The summed E-state index contributed by atoms with van der Waals surface area (Å²) in [6.45, 7) is 4.01. The Labute approximate surface area is 160 Å². The van der Waals surface area contributed by atoms with Gasteiger partial charge in [-0.05, 0) is 59.7 Å². The van der Waals surface area contributed by atoms with Crippen LogP contribution in [-0.4, -0.2) is 38.9 Å². The molecular formula is C18H17ClN4O2S. The predicted octanol–water partition coefficient (Wildman–Crippen LogP) is 3.92. The van der Waals surface area contributed by atoms with Crippen LogP contribution in [-0.2, 0) is 0 Å². The van der Waals surface area contributed by atoms with Gasteiger partial charge in [0.1, 0.15) is 5.75 Å². The largest absolute Gasteiger partial charge is 0.495 e. The number of ether oxygens (including phenoxy) is 1. The van der Waals surface area contributed by atoms with Crippen LogP contribution in [0, 0.1) is 13.8 Å². The van der Waals surface area contributed by atoms with Crippen molar-refractivity contribution in [3.05, 3.63) is 58.1 Å². The van der Waals surface area contributed by atoms with E-state index in [1.807, 2.05) is 32.0 Å². The maximum absolute atomic E-state index is 12.5. The van der Waals surface area contributed by atoms with Gasteiger partial charge in [-0.1, -0.05) is 35.5 Å². The molecule has 0 saturated heterocycles. The molecule has 0 aliphatic carbocycles. The summed E-state index contributed by atoms with van der Waals surface area (Å²) >= 11 is 7.38. The Morgan fingerprint density at radius 2 is 2.04 bits per heavy atom. The molecule has 1 heterocycles. The van der Waals surface area contributed by atoms with Crippen LogP contribution in [0.2, 0.25) is 5.02 Å². The van der Waals surface area contributed by atoms with Gasteiger partial charge < -0.3 is 4.74 Å². The molecule has 0 atom stereocenters. The Morgan fingerprint density at radius 3 is 2.77 bits per heavy atom. The zero-order valence-corrected chi connectivity index (χ0v) is 16.1. The molecule has 0 bridgehead atoms. The molecule has 0 saturated carbocycles. The topological polar surface area (TPSA) is 69.9 Å². The summed E-state index contributed by atoms with van der Waals surface area (Å²) in [5.41, 5.74) is 3.59. The summed E-state index contributed by atoms with van der Waals surface area (Å²) in [4.78, 5) is 12.5. The molecule has 2 aromatic carbocycles. The molecule has 0 unspecified atom stereocenters. The van der Waals surface area contributed by atoms with Crippen molar-refractivity contribution in [2.45, 2.75) is 19.0 Å². The van der Waals surface area contributed by atoms with E-state index in [1.54, 1.807) is 22.9 Å². The second kappa shape index (κ2) is 7.88. The summed E-state index contributed by atoms with van der Waals surface area (Å²) in [6.07, 6.45) is 0. The van der Waals surface area contributed by atoms with Gasteiger partial charge in [-0.3, -0.25) is 4.79 Å². The fourth-order valence-electron chi connectivity index (χ4n) is 2.42. The van der Waals surface area contributed by atoms with Crippen molar-refractivity contribution in [1.82, 2.24) is 20.2 Å². The number of hydrogen-bond donors (Lipinski definition) is 0. The van der Waals surface area contributed by atoms with Crippen LogP contribution in [0.15, 0.2) is 41.6 Å². The lowest BCUT2D eigenvalue weighted by molar-refractivity contribution is 0.102. The van der Waals surface area contributed by atoms with E-state index in [0.717, 1.165) is 16.8 Å². The van der Waals surface area contributed by atoms with Gasteiger partial charge in [0.25, 0.3) is 0 Å². The first-order valence-corrected chi connectivity index (χ1v) is 9.21. The predicted molar refractivity (Wildman–Crippen MR) is 102 cm³/mol. The highest BCUT2D eigenvalue weighted by atomic mass is 35.5. The normalized spacial score (nSPS) is 10.8. The second-order valence-electron chi connectivity index (χ2n) is 5.72. The van der Waals surface area contributed by atoms with Gasteiger partial charge in [0.05, 0.1) is 23.6 Å². The summed E-state index contributed by atoms with van der Waals surface area (Å²) in [5, 5.41) is 12.8. The molecule has 0 N–H and O–H groups in total. The van der Waals surface area contributed by atoms with Crippen LogP contribution < -0.4 is 4.74 Å². The lowest BCUT2D eigenvalue weighted by atomic mass is 10.1. The molecule has 0 fully saturated rings. The molecule has 8 heteroatoms. The van der Waals surface area contributed by atoms with Crippen molar-refractivity contribution < 1.29 is 9.53 Å². The first-order valence-electron chi connectivity index (χ1n) is 7.85. The molecule has 0 amide bonds. The molecule has 26 heavy (non-hydrogen) atoms. The Bertz CT molecular complexity index is 958. The number of tetrazole rings is 1. The Morgan fingerprint density at radius 1 is 1.23 bits per heavy atom. The van der Waals surface area contributed by atoms with E-state index < -0.39 is 0 Å². The highest BCUT2D eigenvalue weighted by molar-refractivity contribution is 7.99. The van der Waals surface area contributed by atoms with Crippen LogP contribution in [0.25, 0.3) is 5.69 Å². The number of hydrogen-bond acceptors (Lipinski definition) is 6. The average molecular weight is 389 g/mol. The number of carbonyl (C=O) groups is 1. The average Bonchev–Trinajstić information content (AvgIpc) is 3.10. The van der Waals surface area contributed by atoms with Gasteiger partial charge >= 0.3 is 0 Å². The number of ketones is 1. The minimum Gasteiger partial charge on any atom is -0.495 e. The first kappa shape index (κ1) is 18.4. The quantitative estimate of drug-likeness (QED) is 0.471. The summed E-state index contributed by atoms with van der Waals surface area (Å²) in [6, 6.07) is 11.1. The zero-order chi connectivity index (χ0) is 18.7. The van der Waals surface area contributed by atoms with E-state index in [2.05, 4.69) is 15.5 Å². The standard InChI is InChI=1S/C18H17ClN4O2S/c1-11-4-5-12(2)15(8-11)23-18(20-21-22-23)26-10-16(24)13-6-7-17(25-3)14(19)9-13/h4-9H,10H2,1-3H3. The number of aromatic nitrogens is 4. The van der Waals surface area contributed by atoms with Gasteiger partial charge in [0, 0.05) is 5.56 Å². The van der Waals surface area contributed by atoms with Crippen LogP contribution in [0.1, 0.15) is 21.5 Å². The lowest BCUT2D eigenvalue weighted by Crippen LogP contribution is -2.06. The molecule has 3 rings (SSSR count). The highest BCUT2D eigenvalue weighted by Gasteiger charge is 2.15. The molecule has 0 aliphatic heterocycles. The van der Waals surface area contributed by atoms with E-state index in [0.29, 0.717) is 21.5 Å². The molecular weight excluding hydrogens is 372 g/mol. The van der Waals surface area contributed by atoms with Crippen LogP contribution in [0.4, 0.5) is 0 Å². The van der Waals surface area contributed by atoms with Crippen molar-refractivity contribution in [3.63, 3.8) is 0 Å². The Kier molecular flexibility index (Phi) is 5.58. The number of Topliss-reactive ketones (excluding diaryl/α,β-unsaturated/α-hetero) is 1. The highest BCUT2D eigenvalue weighted by Crippen LogP contribution is 2.27. The molecule has 0 aliphatic rings. The van der Waals surface area contributed by atoms with Crippen molar-refractivity contribution >= 4 is 29.1 Å². The van der Waals surface area contributed by atoms with Gasteiger partial charge in [0.15, 0.2) is 5.78 Å². The van der Waals surface area contributed by atoms with Gasteiger partial charge in [0.2, 0.25) is 5.16 Å². The van der Waals surface area contributed by atoms with E-state index in [-0.39, 0.29) is 11.5 Å². The maximum Gasteiger partial charge on any atom is 0.214 e. The number of halogens is 1. The van der Waals surface area contributed by atoms with Crippen molar-refractivity contribution in [2.24, 2.45) is 0 Å². The third kappa shape index (κ3) is 3.89. The third-order valence-corrected chi connectivity index (χ3v) is 5.05. The monoisotopic (exact) mass is 388 g/mol. The number of carbonyl (C=O) groups excluding carboxylic acids is 1. The summed E-state index contributed by atoms with van der Waals surface area (Å²) in [7, 11) is 1.53. The minimum atomic E-state index is -0.0601. The molecule has 3 aromatic rings. The third-order valence-electron chi connectivity index (χ3n) is 3.84.